The molecule has 2 heterocycles. The first-order valence-corrected chi connectivity index (χ1v) is 7.62. The van der Waals surface area contributed by atoms with Crippen LogP contribution in [0.25, 0.3) is 11.1 Å². The average Bonchev–Trinajstić information content (AvgIpc) is 2.38. The first-order chi connectivity index (χ1) is 9.05. The molecule has 0 saturated carbocycles. The van der Waals surface area contributed by atoms with E-state index in [9.17, 15) is 14.2 Å². The van der Waals surface area contributed by atoms with Crippen molar-refractivity contribution in [2.75, 3.05) is 10.5 Å². The van der Waals surface area contributed by atoms with Crippen molar-refractivity contribution >= 4 is 16.6 Å². The Labute approximate surface area is 112 Å². The molecule has 5 nitrogen and oxygen atoms in total. The van der Waals surface area contributed by atoms with E-state index in [-0.39, 0.29) is 5.75 Å². The minimum absolute atomic E-state index is 0.207. The van der Waals surface area contributed by atoms with Crippen molar-refractivity contribution in [3.05, 3.63) is 42.6 Å². The number of pyridine rings is 1. The molecule has 0 aliphatic carbocycles. The Balaban J connectivity index is 2.10. The quantitative estimate of drug-likeness (QED) is 0.605. The van der Waals surface area contributed by atoms with Gasteiger partial charge in [-0.1, -0.05) is 22.9 Å². The SMILES string of the molecule is Oc1ccc(-c2ccc[n+]3c2NS(O)(O)CC3)cc1. The van der Waals surface area contributed by atoms with E-state index in [1.807, 2.05) is 22.9 Å². The fraction of sp³-hybridized carbons (Fsp3) is 0.154. The number of nitrogens with zero attached hydrogens (tertiary/aromatic N) is 1. The number of nitrogens with one attached hydrogen (secondary N) is 1. The number of rotatable bonds is 1. The Morgan fingerprint density at radius 2 is 1.84 bits per heavy atom. The molecule has 0 saturated heterocycles. The molecular weight excluding hydrogens is 264 g/mol. The van der Waals surface area contributed by atoms with E-state index in [4.69, 9.17) is 0 Å². The molecule has 100 valence electrons. The Bertz CT molecular complexity index is 614. The summed E-state index contributed by atoms with van der Waals surface area (Å²) in [6.07, 6.45) is 1.90. The number of benzene rings is 1. The third-order valence-electron chi connectivity index (χ3n) is 3.13. The second-order valence-corrected chi connectivity index (χ2v) is 6.43. The van der Waals surface area contributed by atoms with Crippen LogP contribution >= 0.6 is 10.8 Å². The van der Waals surface area contributed by atoms with Crippen LogP contribution in [-0.2, 0) is 6.54 Å². The van der Waals surface area contributed by atoms with Crippen molar-refractivity contribution < 1.29 is 18.8 Å². The standard InChI is InChI=1S/C13H14N2O3S/c16-11-5-3-10(4-6-11)12-2-1-7-15-8-9-19(17,18)14-13(12)15/h1-7,16-18H,8-9H2/p+1. The van der Waals surface area contributed by atoms with Crippen LogP contribution < -0.4 is 9.29 Å². The zero-order valence-corrected chi connectivity index (χ0v) is 11.0. The zero-order chi connectivity index (χ0) is 13.5. The predicted octanol–water partition coefficient (Wildman–Crippen LogP) is 2.44. The highest BCUT2D eigenvalue weighted by molar-refractivity contribution is 8.25. The summed E-state index contributed by atoms with van der Waals surface area (Å²) in [5.41, 5.74) is 1.79. The number of hydrogen-bond donors (Lipinski definition) is 4. The van der Waals surface area contributed by atoms with Gasteiger partial charge in [0.15, 0.2) is 0 Å². The maximum absolute atomic E-state index is 9.81. The van der Waals surface area contributed by atoms with Crippen LogP contribution in [0.1, 0.15) is 0 Å². The molecule has 0 bridgehead atoms. The topological polar surface area (TPSA) is 76.6 Å². The lowest BCUT2D eigenvalue weighted by Crippen LogP contribution is -2.45. The van der Waals surface area contributed by atoms with Gasteiger partial charge in [-0.2, -0.15) is 4.72 Å². The third-order valence-corrected chi connectivity index (χ3v) is 4.40. The molecule has 1 aromatic heterocycles. The van der Waals surface area contributed by atoms with Gasteiger partial charge >= 0.3 is 5.82 Å². The Kier molecular flexibility index (Phi) is 2.85. The molecule has 19 heavy (non-hydrogen) atoms. The molecular formula is C13H15N2O3S+. The van der Waals surface area contributed by atoms with Crippen LogP contribution in [0.2, 0.25) is 0 Å². The lowest BCUT2D eigenvalue weighted by molar-refractivity contribution is -0.679. The van der Waals surface area contributed by atoms with Crippen molar-refractivity contribution in [2.45, 2.75) is 6.54 Å². The van der Waals surface area contributed by atoms with E-state index in [0.29, 0.717) is 18.1 Å². The van der Waals surface area contributed by atoms with Gasteiger partial charge in [0, 0.05) is 0 Å². The molecule has 0 unspecified atom stereocenters. The van der Waals surface area contributed by atoms with E-state index < -0.39 is 10.8 Å². The van der Waals surface area contributed by atoms with Crippen molar-refractivity contribution in [2.24, 2.45) is 0 Å². The van der Waals surface area contributed by atoms with E-state index in [1.165, 1.54) is 0 Å². The minimum atomic E-state index is -2.76. The van der Waals surface area contributed by atoms with Gasteiger partial charge in [-0.3, -0.25) is 9.11 Å². The van der Waals surface area contributed by atoms with Gasteiger partial charge in [-0.25, -0.2) is 4.57 Å². The molecule has 0 radical (unpaired) electrons. The summed E-state index contributed by atoms with van der Waals surface area (Å²) in [5, 5.41) is 9.33. The summed E-state index contributed by atoms with van der Waals surface area (Å²) in [6.45, 7) is 0.566. The zero-order valence-electron chi connectivity index (χ0n) is 10.2. The van der Waals surface area contributed by atoms with Crippen LogP contribution in [0.3, 0.4) is 0 Å². The van der Waals surface area contributed by atoms with Crippen LogP contribution in [0, 0.1) is 0 Å². The number of aromatic nitrogens is 1. The molecule has 3 rings (SSSR count). The van der Waals surface area contributed by atoms with Crippen LogP contribution in [0.5, 0.6) is 5.75 Å². The van der Waals surface area contributed by atoms with Crippen molar-refractivity contribution in [3.63, 3.8) is 0 Å². The normalized spacial score (nSPS) is 18.2. The molecule has 0 fully saturated rings. The number of fused-ring (bicyclic) bond motifs is 1. The van der Waals surface area contributed by atoms with Crippen LogP contribution in [0.15, 0.2) is 42.6 Å². The van der Waals surface area contributed by atoms with E-state index in [0.717, 1.165) is 11.1 Å². The fourth-order valence-corrected chi connectivity index (χ4v) is 3.25. The van der Waals surface area contributed by atoms with Crippen LogP contribution in [0.4, 0.5) is 5.82 Å². The van der Waals surface area contributed by atoms with E-state index in [2.05, 4.69) is 4.72 Å². The molecule has 4 N–H and O–H groups in total. The summed E-state index contributed by atoms with van der Waals surface area (Å²) in [7, 11) is -2.76. The first kappa shape index (κ1) is 12.3. The van der Waals surface area contributed by atoms with Crippen molar-refractivity contribution in [3.8, 4) is 16.9 Å². The second-order valence-electron chi connectivity index (χ2n) is 4.48. The van der Waals surface area contributed by atoms with Gasteiger partial charge in [0.05, 0.1) is 11.8 Å². The highest BCUT2D eigenvalue weighted by Gasteiger charge is 2.30. The maximum Gasteiger partial charge on any atom is 0.304 e. The number of anilines is 1. The Hall–Kier alpha value is -1.76. The fourth-order valence-electron chi connectivity index (χ4n) is 2.16. The molecule has 0 atom stereocenters. The van der Waals surface area contributed by atoms with Gasteiger partial charge in [0.1, 0.15) is 18.0 Å². The highest BCUT2D eigenvalue weighted by atomic mass is 32.3. The smallest absolute Gasteiger partial charge is 0.304 e. The third kappa shape index (κ3) is 2.37. The number of phenolic OH excluding ortho intramolecular Hbond substituents is 1. The lowest BCUT2D eigenvalue weighted by atomic mass is 10.1. The first-order valence-electron chi connectivity index (χ1n) is 5.91. The Morgan fingerprint density at radius 1 is 1.11 bits per heavy atom. The molecule has 0 spiro atoms. The lowest BCUT2D eigenvalue weighted by Gasteiger charge is -2.32. The highest BCUT2D eigenvalue weighted by Crippen LogP contribution is 2.42. The molecule has 1 aliphatic heterocycles. The molecule has 1 aliphatic rings. The van der Waals surface area contributed by atoms with Gasteiger partial charge in [-0.05, 0) is 29.8 Å². The van der Waals surface area contributed by atoms with Crippen molar-refractivity contribution in [1.29, 1.82) is 0 Å². The Morgan fingerprint density at radius 3 is 2.58 bits per heavy atom. The van der Waals surface area contributed by atoms with Crippen molar-refractivity contribution in [1.82, 2.24) is 0 Å². The van der Waals surface area contributed by atoms with Gasteiger partial charge in [-0.15, -0.1) is 0 Å². The van der Waals surface area contributed by atoms with E-state index >= 15 is 0 Å². The maximum atomic E-state index is 9.81. The molecule has 6 heteroatoms. The minimum Gasteiger partial charge on any atom is -0.508 e. The predicted molar refractivity (Wildman–Crippen MR) is 75.1 cm³/mol. The largest absolute Gasteiger partial charge is 0.508 e. The van der Waals surface area contributed by atoms with Crippen LogP contribution in [-0.4, -0.2) is 20.0 Å². The molecule has 1 aromatic carbocycles. The summed E-state index contributed by atoms with van der Waals surface area (Å²) in [5.74, 6) is 1.21. The number of aromatic hydroxyl groups is 1. The summed E-state index contributed by atoms with van der Waals surface area (Å²) >= 11 is 0. The monoisotopic (exact) mass is 279 g/mol. The summed E-state index contributed by atoms with van der Waals surface area (Å²) < 4.78 is 24.4. The average molecular weight is 279 g/mol. The van der Waals surface area contributed by atoms with Gasteiger partial charge < -0.3 is 5.11 Å². The summed E-state index contributed by atoms with van der Waals surface area (Å²) in [6, 6.07) is 10.7. The number of phenols is 1. The van der Waals surface area contributed by atoms with E-state index in [1.54, 1.807) is 24.3 Å². The number of aryl methyl sites for hydroxylation is 1. The van der Waals surface area contributed by atoms with Gasteiger partial charge in [0.25, 0.3) is 0 Å². The number of hydrogen-bond acceptors (Lipinski definition) is 4. The molecule has 2 aromatic rings. The second kappa shape index (κ2) is 4.41. The van der Waals surface area contributed by atoms with Gasteiger partial charge in [0.2, 0.25) is 0 Å². The molecule has 0 amide bonds. The summed E-state index contributed by atoms with van der Waals surface area (Å²) in [4.78, 5) is 0.